The molecule has 0 unspecified atom stereocenters. The zero-order chi connectivity index (χ0) is 41.1. The van der Waals surface area contributed by atoms with Crippen molar-refractivity contribution in [3.05, 3.63) is 193 Å². The van der Waals surface area contributed by atoms with Crippen molar-refractivity contribution in [1.29, 1.82) is 0 Å². The van der Waals surface area contributed by atoms with Crippen molar-refractivity contribution >= 4 is 44.6 Å². The molecule has 3 aromatic heterocycles. The zero-order valence-corrected chi connectivity index (χ0v) is 37.2. The molecule has 1 aliphatic rings. The van der Waals surface area contributed by atoms with Crippen LogP contribution in [-0.2, 0) is 26.5 Å². The van der Waals surface area contributed by atoms with Crippen molar-refractivity contribution in [3.63, 3.8) is 0 Å². The molecule has 0 atom stereocenters. The van der Waals surface area contributed by atoms with Gasteiger partial charge in [-0.05, 0) is 101 Å². The molecule has 61 heavy (non-hydrogen) atoms. The number of aromatic nitrogens is 3. The van der Waals surface area contributed by atoms with Crippen LogP contribution in [0.3, 0.4) is 0 Å². The molecule has 0 saturated heterocycles. The molecule has 1 aliphatic heterocycles. The first-order chi connectivity index (χ1) is 29.2. The van der Waals surface area contributed by atoms with E-state index in [1.807, 2.05) is 18.3 Å². The van der Waals surface area contributed by atoms with Gasteiger partial charge >= 0.3 is 0 Å². The van der Waals surface area contributed by atoms with E-state index in [4.69, 9.17) is 9.72 Å². The Hall–Kier alpha value is -6.49. The average molecular weight is 974 g/mol. The minimum absolute atomic E-state index is 0. The van der Waals surface area contributed by atoms with Gasteiger partial charge in [-0.25, -0.2) is 4.98 Å². The quantitative estimate of drug-likeness (QED) is 0.149. The van der Waals surface area contributed by atoms with Crippen molar-refractivity contribution in [2.45, 2.75) is 47.0 Å². The number of fused-ring (bicyclic) bond motifs is 4. The number of rotatable bonds is 7. The number of ether oxygens (including phenoxy) is 1. The number of nitrogens with zero attached hydrogens (tertiary/aromatic N) is 5. The summed E-state index contributed by atoms with van der Waals surface area (Å²) >= 11 is 0. The van der Waals surface area contributed by atoms with E-state index in [9.17, 15) is 0 Å². The van der Waals surface area contributed by atoms with E-state index in [1.165, 1.54) is 44.5 Å². The van der Waals surface area contributed by atoms with Gasteiger partial charge in [0.25, 0.3) is 0 Å². The second-order valence-corrected chi connectivity index (χ2v) is 16.5. The molecule has 304 valence electrons. The molecule has 0 amide bonds. The molecule has 0 radical (unpaired) electrons. The normalized spacial score (nSPS) is 12.5. The fraction of sp³-hybridized carbons (Fsp3) is 0.130. The standard InChI is InChI=1S/C54H44N5O.Pt/c1-35-36(2)51(38-17-9-7-10-18-38)53(52(37(35)3)39-19-11-8-12-20-39)58-34-57(46-23-15-16-24-47(46)58)41-28-30-56-50(32-41)60-42-25-26-44-43-21-13-14-22-45(43)59(48(44)33-42)49-31-40(27-29-55-49)54(4,5)6;/h7-31,34H,1-6H3;/q-3;. The summed E-state index contributed by atoms with van der Waals surface area (Å²) in [5.74, 6) is 1.73. The summed E-state index contributed by atoms with van der Waals surface area (Å²) in [5.41, 5.74) is 15.7. The van der Waals surface area contributed by atoms with Gasteiger partial charge in [0, 0.05) is 66.7 Å². The molecule has 0 aliphatic carbocycles. The summed E-state index contributed by atoms with van der Waals surface area (Å²) < 4.78 is 8.71. The van der Waals surface area contributed by atoms with E-state index in [-0.39, 0.29) is 26.5 Å². The summed E-state index contributed by atoms with van der Waals surface area (Å²) in [6.07, 6.45) is 3.67. The van der Waals surface area contributed by atoms with E-state index in [2.05, 4.69) is 207 Å². The van der Waals surface area contributed by atoms with Crippen LogP contribution >= 0.6 is 0 Å². The monoisotopic (exact) mass is 973 g/mol. The average Bonchev–Trinajstić information content (AvgIpc) is 3.82. The molecule has 6 nitrogen and oxygen atoms in total. The Balaban J connectivity index is 0.00000476. The van der Waals surface area contributed by atoms with Crippen molar-refractivity contribution < 1.29 is 25.8 Å². The molecule has 0 fully saturated rings. The smallest absolute Gasteiger partial charge is 0.135 e. The van der Waals surface area contributed by atoms with Gasteiger partial charge in [-0.3, -0.25) is 4.98 Å². The van der Waals surface area contributed by atoms with Crippen LogP contribution in [0.2, 0.25) is 0 Å². The van der Waals surface area contributed by atoms with Gasteiger partial charge in [0.05, 0.1) is 0 Å². The molecule has 9 aromatic rings. The largest absolute Gasteiger partial charge is 0.503 e. The van der Waals surface area contributed by atoms with Gasteiger partial charge in [0.15, 0.2) is 0 Å². The Morgan fingerprint density at radius 3 is 1.87 bits per heavy atom. The Morgan fingerprint density at radius 2 is 1.20 bits per heavy atom. The first-order valence-electron chi connectivity index (χ1n) is 20.4. The van der Waals surface area contributed by atoms with E-state index in [0.29, 0.717) is 11.6 Å². The SMILES string of the molecule is Cc1c(C)c(-c2ccccc2)c(N2[CH-]N(c3[c-]c(Oc4[c-]c5c(cc4)c4ccccc4n5-c4cc(C(C)(C)C)ccn4)ncc3)c3ccccc32)c(-c2ccccc2)c1C.[Pt]. The van der Waals surface area contributed by atoms with Crippen molar-refractivity contribution in [3.8, 4) is 39.7 Å². The molecule has 0 bridgehead atoms. The van der Waals surface area contributed by atoms with Gasteiger partial charge in [0.2, 0.25) is 0 Å². The Labute approximate surface area is 372 Å². The summed E-state index contributed by atoms with van der Waals surface area (Å²) in [6.45, 7) is 15.6. The predicted octanol–water partition coefficient (Wildman–Crippen LogP) is 13.9. The minimum atomic E-state index is -0.0301. The van der Waals surface area contributed by atoms with Crippen LogP contribution in [0.15, 0.2) is 152 Å². The number of hydrogen-bond donors (Lipinski definition) is 0. The predicted molar refractivity (Wildman–Crippen MR) is 246 cm³/mol. The molecule has 4 heterocycles. The van der Waals surface area contributed by atoms with Crippen LogP contribution in [0.4, 0.5) is 22.7 Å². The van der Waals surface area contributed by atoms with Crippen LogP contribution in [0.1, 0.15) is 43.0 Å². The molecule has 10 rings (SSSR count). The molecular weight excluding hydrogens is 930 g/mol. The van der Waals surface area contributed by atoms with Crippen LogP contribution in [0, 0.1) is 39.6 Å². The van der Waals surface area contributed by atoms with Gasteiger partial charge < -0.3 is 19.1 Å². The Morgan fingerprint density at radius 1 is 0.590 bits per heavy atom. The third-order valence-corrected chi connectivity index (χ3v) is 11.9. The Bertz CT molecular complexity index is 3010. The summed E-state index contributed by atoms with van der Waals surface area (Å²) in [6, 6.07) is 55.8. The van der Waals surface area contributed by atoms with E-state index >= 15 is 0 Å². The number of benzene rings is 6. The molecule has 0 N–H and O–H groups in total. The maximum atomic E-state index is 6.54. The number of anilines is 4. The maximum absolute atomic E-state index is 6.54. The fourth-order valence-corrected chi connectivity index (χ4v) is 8.61. The summed E-state index contributed by atoms with van der Waals surface area (Å²) in [4.78, 5) is 14.0. The maximum Gasteiger partial charge on any atom is 0.135 e. The van der Waals surface area contributed by atoms with Crippen molar-refractivity contribution in [1.82, 2.24) is 14.5 Å². The van der Waals surface area contributed by atoms with Gasteiger partial charge in [-0.15, -0.1) is 24.2 Å². The second-order valence-electron chi connectivity index (χ2n) is 16.5. The van der Waals surface area contributed by atoms with E-state index in [0.717, 1.165) is 50.4 Å². The van der Waals surface area contributed by atoms with Crippen LogP contribution in [0.25, 0.3) is 49.9 Å². The van der Waals surface area contributed by atoms with Gasteiger partial charge in [-0.2, -0.15) is 23.9 Å². The first kappa shape index (κ1) is 39.9. The molecule has 7 heteroatoms. The summed E-state index contributed by atoms with van der Waals surface area (Å²) in [7, 11) is 0. The number of para-hydroxylation sites is 3. The van der Waals surface area contributed by atoms with Gasteiger partial charge in [-0.1, -0.05) is 117 Å². The van der Waals surface area contributed by atoms with Crippen molar-refractivity contribution in [2.24, 2.45) is 0 Å². The summed E-state index contributed by atoms with van der Waals surface area (Å²) in [5, 5.41) is 2.20. The molecular formula is C54H44N5OPt-3. The number of hydrogen-bond acceptors (Lipinski definition) is 5. The third kappa shape index (κ3) is 6.99. The zero-order valence-electron chi connectivity index (χ0n) is 35.0. The topological polar surface area (TPSA) is 46.4 Å². The van der Waals surface area contributed by atoms with Crippen LogP contribution in [-0.4, -0.2) is 14.5 Å². The molecule has 6 aromatic carbocycles. The van der Waals surface area contributed by atoms with Crippen LogP contribution in [0.5, 0.6) is 11.6 Å². The Kier molecular flexibility index (Phi) is 10.4. The fourth-order valence-electron chi connectivity index (χ4n) is 8.61. The molecule has 0 saturated carbocycles. The number of pyridine rings is 2. The second kappa shape index (κ2) is 15.8. The van der Waals surface area contributed by atoms with Gasteiger partial charge in [0.1, 0.15) is 11.7 Å². The molecule has 0 spiro atoms. The van der Waals surface area contributed by atoms with E-state index < -0.39 is 0 Å². The van der Waals surface area contributed by atoms with E-state index in [1.54, 1.807) is 6.20 Å². The van der Waals surface area contributed by atoms with Crippen molar-refractivity contribution in [2.75, 3.05) is 9.80 Å². The third-order valence-electron chi connectivity index (χ3n) is 11.9. The minimum Gasteiger partial charge on any atom is -0.503 e. The first-order valence-corrected chi connectivity index (χ1v) is 20.4. The van der Waals surface area contributed by atoms with Crippen LogP contribution < -0.4 is 14.5 Å².